The molecule has 5 rings (SSSR count). The molecule has 2 aromatic rings. The van der Waals surface area contributed by atoms with E-state index in [-0.39, 0.29) is 34.8 Å². The van der Waals surface area contributed by atoms with Gasteiger partial charge in [0, 0.05) is 30.7 Å². The number of carbonyl (C=O) groups excluding carboxylic acids is 2. The highest BCUT2D eigenvalue weighted by atomic mass is 19.1. The fraction of sp³-hybridized carbons (Fsp3) is 0.500. The highest BCUT2D eigenvalue weighted by Gasteiger charge is 2.43. The fourth-order valence-electron chi connectivity index (χ4n) is 6.93. The summed E-state index contributed by atoms with van der Waals surface area (Å²) in [5.74, 6) is -1.35. The molecule has 2 amide bonds. The Bertz CT molecular complexity index is 1350. The van der Waals surface area contributed by atoms with Gasteiger partial charge in [-0.3, -0.25) is 14.5 Å². The number of aryl methyl sites for hydroxylation is 1. The van der Waals surface area contributed by atoms with Crippen molar-refractivity contribution < 1.29 is 14.0 Å². The van der Waals surface area contributed by atoms with E-state index in [9.17, 15) is 9.59 Å². The number of nitrogens with one attached hydrogen (secondary N) is 1. The Morgan fingerprint density at radius 3 is 2.48 bits per heavy atom. The highest BCUT2D eigenvalue weighted by molar-refractivity contribution is 5.98. The monoisotopic (exact) mass is 571 g/mol. The molecule has 2 aromatic carbocycles. The lowest BCUT2D eigenvalue weighted by Crippen LogP contribution is -2.55. The van der Waals surface area contributed by atoms with Crippen molar-refractivity contribution >= 4 is 17.5 Å². The summed E-state index contributed by atoms with van der Waals surface area (Å²) in [5, 5.41) is 3.18. The number of amides is 2. The number of nitrogens with zero attached hydrogens (tertiary/aromatic N) is 2. The van der Waals surface area contributed by atoms with Crippen LogP contribution in [-0.4, -0.2) is 53.3 Å². The average molecular weight is 572 g/mol. The number of hydrogen-bond donors (Lipinski definition) is 1. The molecule has 0 bridgehead atoms. The number of likely N-dealkylation sites (tertiary alicyclic amines) is 2. The van der Waals surface area contributed by atoms with E-state index in [1.807, 2.05) is 18.2 Å². The van der Waals surface area contributed by atoms with Crippen LogP contribution < -0.4 is 5.32 Å². The molecule has 0 aromatic heterocycles. The third kappa shape index (κ3) is 6.54. The maximum absolute atomic E-state index is 15.0. The first-order valence-electron chi connectivity index (χ1n) is 15.6. The summed E-state index contributed by atoms with van der Waals surface area (Å²) < 4.78 is 15.0. The number of halogens is 1. The molecule has 2 aliphatic heterocycles. The summed E-state index contributed by atoms with van der Waals surface area (Å²) in [5.41, 5.74) is 3.89. The van der Waals surface area contributed by atoms with Crippen LogP contribution in [0.4, 0.5) is 10.1 Å². The van der Waals surface area contributed by atoms with Gasteiger partial charge >= 0.3 is 0 Å². The minimum absolute atomic E-state index is 0.0299. The van der Waals surface area contributed by atoms with Crippen LogP contribution in [-0.2, 0) is 10.2 Å². The molecule has 0 radical (unpaired) electrons. The Morgan fingerprint density at radius 2 is 1.81 bits per heavy atom. The molecular formula is C36H46FN3O2. The molecule has 2 unspecified atom stereocenters. The predicted octanol–water partition coefficient (Wildman–Crippen LogP) is 7.28. The quantitative estimate of drug-likeness (QED) is 0.397. The summed E-state index contributed by atoms with van der Waals surface area (Å²) in [6, 6.07) is 13.0. The van der Waals surface area contributed by atoms with Crippen LogP contribution in [0.5, 0.6) is 0 Å². The van der Waals surface area contributed by atoms with Crippen molar-refractivity contribution in [2.24, 2.45) is 11.8 Å². The molecular weight excluding hydrogens is 525 g/mol. The zero-order valence-electron chi connectivity index (χ0n) is 25.8. The van der Waals surface area contributed by atoms with Gasteiger partial charge in [-0.2, -0.15) is 0 Å². The van der Waals surface area contributed by atoms with Crippen molar-refractivity contribution in [3.05, 3.63) is 88.8 Å². The Kier molecular flexibility index (Phi) is 9.03. The first kappa shape index (κ1) is 30.2. The van der Waals surface area contributed by atoms with Crippen LogP contribution in [0, 0.1) is 24.6 Å². The number of allylic oxidation sites excluding steroid dienone is 1. The van der Waals surface area contributed by atoms with Gasteiger partial charge in [-0.05, 0) is 92.8 Å². The Balaban J connectivity index is 1.42. The smallest absolute Gasteiger partial charge is 0.257 e. The summed E-state index contributed by atoms with van der Waals surface area (Å²) >= 11 is 0. The summed E-state index contributed by atoms with van der Waals surface area (Å²) in [6.07, 6.45) is 11.3. The molecule has 2 saturated heterocycles. The molecule has 224 valence electrons. The molecule has 4 atom stereocenters. The van der Waals surface area contributed by atoms with Gasteiger partial charge < -0.3 is 10.2 Å². The third-order valence-electron chi connectivity index (χ3n) is 9.44. The van der Waals surface area contributed by atoms with Crippen molar-refractivity contribution in [2.45, 2.75) is 84.2 Å². The Morgan fingerprint density at radius 1 is 1.05 bits per heavy atom. The number of rotatable bonds is 6. The van der Waals surface area contributed by atoms with Crippen molar-refractivity contribution in [2.75, 3.05) is 25.0 Å². The fourth-order valence-corrected chi connectivity index (χ4v) is 6.93. The van der Waals surface area contributed by atoms with Gasteiger partial charge in [-0.15, -0.1) is 0 Å². The molecule has 1 aliphatic carbocycles. The lowest BCUT2D eigenvalue weighted by molar-refractivity contribution is -0.123. The normalized spacial score (nSPS) is 24.9. The molecule has 5 nitrogen and oxygen atoms in total. The van der Waals surface area contributed by atoms with Crippen molar-refractivity contribution in [1.82, 2.24) is 9.80 Å². The molecule has 0 spiro atoms. The van der Waals surface area contributed by atoms with Gasteiger partial charge in [0.2, 0.25) is 5.91 Å². The average Bonchev–Trinajstić information content (AvgIpc) is 3.36. The van der Waals surface area contributed by atoms with Crippen LogP contribution in [0.25, 0.3) is 0 Å². The first-order valence-corrected chi connectivity index (χ1v) is 15.6. The van der Waals surface area contributed by atoms with Crippen LogP contribution in [0.1, 0.15) is 81.3 Å². The van der Waals surface area contributed by atoms with Gasteiger partial charge in [0.1, 0.15) is 5.82 Å². The van der Waals surface area contributed by atoms with Gasteiger partial charge in [0.25, 0.3) is 5.91 Å². The van der Waals surface area contributed by atoms with E-state index in [1.54, 1.807) is 24.0 Å². The van der Waals surface area contributed by atoms with Crippen LogP contribution in [0.3, 0.4) is 0 Å². The van der Waals surface area contributed by atoms with E-state index in [2.05, 4.69) is 62.2 Å². The summed E-state index contributed by atoms with van der Waals surface area (Å²) in [6.45, 7) is 13.1. The summed E-state index contributed by atoms with van der Waals surface area (Å²) in [7, 11) is 0. The SMILES string of the molecule is Cc1cccc(F)c1C(=O)N1CCC[C@H](C(=O)Nc2cccc(C(C)(C)C)c2)[C@@H]1C1C=CC(CN2CCCC2C)=CC1. The van der Waals surface area contributed by atoms with Crippen LogP contribution in [0.2, 0.25) is 0 Å². The minimum atomic E-state index is -0.509. The van der Waals surface area contributed by atoms with Crippen LogP contribution >= 0.6 is 0 Å². The molecule has 42 heavy (non-hydrogen) atoms. The third-order valence-corrected chi connectivity index (χ3v) is 9.44. The molecule has 2 fully saturated rings. The van der Waals surface area contributed by atoms with Gasteiger partial charge in [0.15, 0.2) is 0 Å². The zero-order chi connectivity index (χ0) is 30.0. The molecule has 3 aliphatic rings. The zero-order valence-corrected chi connectivity index (χ0v) is 25.8. The summed E-state index contributed by atoms with van der Waals surface area (Å²) in [4.78, 5) is 32.3. The van der Waals surface area contributed by atoms with Crippen molar-refractivity contribution in [3.63, 3.8) is 0 Å². The Hall–Kier alpha value is -3.25. The number of anilines is 1. The van der Waals surface area contributed by atoms with Crippen molar-refractivity contribution in [3.8, 4) is 0 Å². The molecule has 2 heterocycles. The Labute approximate surface area is 250 Å². The maximum Gasteiger partial charge on any atom is 0.257 e. The number of piperidine rings is 1. The van der Waals surface area contributed by atoms with E-state index in [0.717, 1.165) is 30.8 Å². The second-order valence-electron chi connectivity index (χ2n) is 13.5. The lowest BCUT2D eigenvalue weighted by atomic mass is 9.77. The van der Waals surface area contributed by atoms with Crippen molar-refractivity contribution in [1.29, 1.82) is 0 Å². The van der Waals surface area contributed by atoms with Gasteiger partial charge in [0.05, 0.1) is 17.5 Å². The van der Waals surface area contributed by atoms with E-state index >= 15 is 4.39 Å². The largest absolute Gasteiger partial charge is 0.334 e. The second kappa shape index (κ2) is 12.5. The van der Waals surface area contributed by atoms with E-state index in [0.29, 0.717) is 31.0 Å². The number of carbonyl (C=O) groups is 2. The van der Waals surface area contributed by atoms with E-state index in [1.165, 1.54) is 24.5 Å². The minimum Gasteiger partial charge on any atom is -0.334 e. The van der Waals surface area contributed by atoms with E-state index in [4.69, 9.17) is 0 Å². The number of hydrogen-bond acceptors (Lipinski definition) is 3. The van der Waals surface area contributed by atoms with Gasteiger partial charge in [-0.1, -0.05) is 63.3 Å². The standard InChI is InChI=1S/C36H46FN3O2/c1-24-10-6-15-31(37)32(24)35(42)40-21-9-14-30(34(41)38-29-13-7-12-28(22-29)36(3,4)5)33(40)27-18-16-26(17-19-27)23-39-20-8-11-25(39)2/h6-7,10,12-13,15-18,22,25,27,30,33H,8-9,11,14,19-21,23H2,1-5H3,(H,38,41)/t25?,27?,30-,33-/m0/s1. The highest BCUT2D eigenvalue weighted by Crippen LogP contribution is 2.37. The molecule has 6 heteroatoms. The lowest BCUT2D eigenvalue weighted by Gasteiger charge is -2.44. The molecule has 0 saturated carbocycles. The van der Waals surface area contributed by atoms with Crippen LogP contribution in [0.15, 0.2) is 66.3 Å². The maximum atomic E-state index is 15.0. The molecule has 1 N–H and O–H groups in total. The number of benzene rings is 2. The van der Waals surface area contributed by atoms with Gasteiger partial charge in [-0.25, -0.2) is 4.39 Å². The van der Waals surface area contributed by atoms with E-state index < -0.39 is 11.7 Å². The topological polar surface area (TPSA) is 52.7 Å². The second-order valence-corrected chi connectivity index (χ2v) is 13.5. The predicted molar refractivity (Wildman–Crippen MR) is 168 cm³/mol. The first-order chi connectivity index (χ1) is 20.0.